The highest BCUT2D eigenvalue weighted by atomic mass is 19.2. The van der Waals surface area contributed by atoms with Gasteiger partial charge in [-0.2, -0.15) is 0 Å². The quantitative estimate of drug-likeness (QED) is 0.710. The molecule has 132 valence electrons. The lowest BCUT2D eigenvalue weighted by Crippen LogP contribution is -2.24. The highest BCUT2D eigenvalue weighted by Gasteiger charge is 2.14. The number of benzene rings is 3. The van der Waals surface area contributed by atoms with Crippen LogP contribution in [0.1, 0.15) is 21.5 Å². The fourth-order valence-electron chi connectivity index (χ4n) is 2.39. The zero-order chi connectivity index (χ0) is 18.4. The maximum atomic E-state index is 13.6. The molecule has 0 radical (unpaired) electrons. The molecule has 3 nitrogen and oxygen atoms in total. The van der Waals surface area contributed by atoms with E-state index in [1.807, 2.05) is 54.6 Å². The normalized spacial score (nSPS) is 10.4. The van der Waals surface area contributed by atoms with Crippen molar-refractivity contribution >= 4 is 5.91 Å². The van der Waals surface area contributed by atoms with Gasteiger partial charge in [-0.05, 0) is 35.4 Å². The van der Waals surface area contributed by atoms with Crippen LogP contribution >= 0.6 is 0 Å². The number of para-hydroxylation sites is 1. The molecule has 0 heterocycles. The van der Waals surface area contributed by atoms with Gasteiger partial charge in [0.1, 0.15) is 12.4 Å². The lowest BCUT2D eigenvalue weighted by Gasteiger charge is -2.09. The standard InChI is InChI=1S/C21H17F2NO2/c22-19-8-4-7-18(20(19)23)21(25)24-13-15-9-11-16(12-10-15)14-26-17-5-2-1-3-6-17/h1-12H,13-14H2,(H,24,25). The fraction of sp³-hybridized carbons (Fsp3) is 0.0952. The summed E-state index contributed by atoms with van der Waals surface area (Å²) in [5, 5.41) is 2.58. The molecule has 0 saturated carbocycles. The molecule has 3 rings (SSSR count). The smallest absolute Gasteiger partial charge is 0.254 e. The van der Waals surface area contributed by atoms with Crippen LogP contribution in [0.3, 0.4) is 0 Å². The van der Waals surface area contributed by atoms with Crippen LogP contribution < -0.4 is 10.1 Å². The van der Waals surface area contributed by atoms with E-state index in [-0.39, 0.29) is 12.1 Å². The third kappa shape index (κ3) is 4.45. The van der Waals surface area contributed by atoms with Crippen LogP contribution in [0.15, 0.2) is 72.8 Å². The molecule has 1 amide bonds. The summed E-state index contributed by atoms with van der Waals surface area (Å²) in [5.41, 5.74) is 1.52. The predicted molar refractivity (Wildman–Crippen MR) is 94.7 cm³/mol. The molecule has 1 N–H and O–H groups in total. The van der Waals surface area contributed by atoms with Crippen LogP contribution in [0.4, 0.5) is 8.78 Å². The summed E-state index contributed by atoms with van der Waals surface area (Å²) in [4.78, 5) is 12.0. The summed E-state index contributed by atoms with van der Waals surface area (Å²) in [6, 6.07) is 20.5. The highest BCUT2D eigenvalue weighted by molar-refractivity contribution is 5.94. The largest absolute Gasteiger partial charge is 0.489 e. The van der Waals surface area contributed by atoms with Crippen LogP contribution in [-0.4, -0.2) is 5.91 Å². The van der Waals surface area contributed by atoms with E-state index < -0.39 is 17.5 Å². The Kier molecular flexibility index (Phi) is 5.59. The minimum atomic E-state index is -1.14. The summed E-state index contributed by atoms with van der Waals surface area (Å²) in [6.45, 7) is 0.653. The van der Waals surface area contributed by atoms with Crippen LogP contribution in [0.5, 0.6) is 5.75 Å². The first-order valence-electron chi connectivity index (χ1n) is 8.11. The average molecular weight is 353 g/mol. The molecular weight excluding hydrogens is 336 g/mol. The van der Waals surface area contributed by atoms with E-state index in [2.05, 4.69) is 5.32 Å². The van der Waals surface area contributed by atoms with Crippen molar-refractivity contribution in [1.29, 1.82) is 0 Å². The Balaban J connectivity index is 1.54. The van der Waals surface area contributed by atoms with Gasteiger partial charge in [0.2, 0.25) is 0 Å². The van der Waals surface area contributed by atoms with Crippen molar-refractivity contribution in [1.82, 2.24) is 5.32 Å². The Bertz CT molecular complexity index is 880. The maximum absolute atomic E-state index is 13.6. The predicted octanol–water partition coefficient (Wildman–Crippen LogP) is 4.47. The van der Waals surface area contributed by atoms with Crippen molar-refractivity contribution < 1.29 is 18.3 Å². The summed E-state index contributed by atoms with van der Waals surface area (Å²) in [7, 11) is 0. The van der Waals surface area contributed by atoms with Crippen molar-refractivity contribution in [2.24, 2.45) is 0 Å². The van der Waals surface area contributed by atoms with E-state index in [0.29, 0.717) is 6.61 Å². The molecule has 5 heteroatoms. The molecule has 0 bridgehead atoms. The summed E-state index contributed by atoms with van der Waals surface area (Å²) in [6.07, 6.45) is 0. The van der Waals surface area contributed by atoms with Crippen LogP contribution in [0.2, 0.25) is 0 Å². The molecule has 3 aromatic rings. The minimum Gasteiger partial charge on any atom is -0.489 e. The Morgan fingerprint density at radius 2 is 1.54 bits per heavy atom. The molecular formula is C21H17F2NO2. The Hall–Kier alpha value is -3.21. The van der Waals surface area contributed by atoms with Gasteiger partial charge in [0.05, 0.1) is 5.56 Å². The van der Waals surface area contributed by atoms with Crippen molar-refractivity contribution in [2.75, 3.05) is 0 Å². The molecule has 26 heavy (non-hydrogen) atoms. The number of hydrogen-bond acceptors (Lipinski definition) is 2. The van der Waals surface area contributed by atoms with Gasteiger partial charge in [-0.15, -0.1) is 0 Å². The van der Waals surface area contributed by atoms with E-state index >= 15 is 0 Å². The number of carbonyl (C=O) groups excluding carboxylic acids is 1. The number of carbonyl (C=O) groups is 1. The molecule has 0 atom stereocenters. The van der Waals surface area contributed by atoms with E-state index in [0.717, 1.165) is 22.9 Å². The third-order valence-electron chi connectivity index (χ3n) is 3.82. The molecule has 0 aromatic heterocycles. The number of halogens is 2. The van der Waals surface area contributed by atoms with E-state index in [4.69, 9.17) is 4.74 Å². The number of hydrogen-bond donors (Lipinski definition) is 1. The molecule has 0 aliphatic heterocycles. The second-order valence-corrected chi connectivity index (χ2v) is 5.70. The zero-order valence-electron chi connectivity index (χ0n) is 13.9. The zero-order valence-corrected chi connectivity index (χ0v) is 13.9. The van der Waals surface area contributed by atoms with Crippen molar-refractivity contribution in [3.63, 3.8) is 0 Å². The van der Waals surface area contributed by atoms with Gasteiger partial charge in [0.25, 0.3) is 5.91 Å². The molecule has 0 saturated heterocycles. The van der Waals surface area contributed by atoms with Gasteiger partial charge in [-0.25, -0.2) is 8.78 Å². The minimum absolute atomic E-state index is 0.217. The van der Waals surface area contributed by atoms with Crippen LogP contribution in [0.25, 0.3) is 0 Å². The molecule has 0 spiro atoms. The Morgan fingerprint density at radius 3 is 2.27 bits per heavy atom. The lowest BCUT2D eigenvalue weighted by atomic mass is 10.1. The highest BCUT2D eigenvalue weighted by Crippen LogP contribution is 2.13. The van der Waals surface area contributed by atoms with Crippen molar-refractivity contribution in [3.8, 4) is 5.75 Å². The van der Waals surface area contributed by atoms with Crippen molar-refractivity contribution in [3.05, 3.63) is 101 Å². The second-order valence-electron chi connectivity index (χ2n) is 5.70. The average Bonchev–Trinajstić information content (AvgIpc) is 2.68. The first-order valence-corrected chi connectivity index (χ1v) is 8.11. The van der Waals surface area contributed by atoms with Crippen LogP contribution in [-0.2, 0) is 13.2 Å². The number of amides is 1. The maximum Gasteiger partial charge on any atom is 0.254 e. The topological polar surface area (TPSA) is 38.3 Å². The Labute approximate surface area is 150 Å². The van der Waals surface area contributed by atoms with Gasteiger partial charge in [-0.3, -0.25) is 4.79 Å². The van der Waals surface area contributed by atoms with Gasteiger partial charge in [0, 0.05) is 6.54 Å². The fourth-order valence-corrected chi connectivity index (χ4v) is 2.39. The van der Waals surface area contributed by atoms with Gasteiger partial charge < -0.3 is 10.1 Å². The molecule has 3 aromatic carbocycles. The Morgan fingerprint density at radius 1 is 0.846 bits per heavy atom. The van der Waals surface area contributed by atoms with Crippen molar-refractivity contribution in [2.45, 2.75) is 13.2 Å². The second kappa shape index (κ2) is 8.25. The van der Waals surface area contributed by atoms with Crippen LogP contribution in [0, 0.1) is 11.6 Å². The first-order chi connectivity index (χ1) is 12.6. The molecule has 0 aliphatic carbocycles. The van der Waals surface area contributed by atoms with E-state index in [1.54, 1.807) is 0 Å². The van der Waals surface area contributed by atoms with Gasteiger partial charge in [-0.1, -0.05) is 48.5 Å². The van der Waals surface area contributed by atoms with E-state index in [1.165, 1.54) is 12.1 Å². The first kappa shape index (κ1) is 17.6. The third-order valence-corrected chi connectivity index (χ3v) is 3.82. The number of ether oxygens (including phenoxy) is 1. The summed E-state index contributed by atoms with van der Waals surface area (Å²) >= 11 is 0. The number of nitrogens with one attached hydrogen (secondary N) is 1. The summed E-state index contributed by atoms with van der Waals surface area (Å²) in [5.74, 6) is -2.04. The SMILES string of the molecule is O=C(NCc1ccc(COc2ccccc2)cc1)c1cccc(F)c1F. The monoisotopic (exact) mass is 353 g/mol. The van der Waals surface area contributed by atoms with E-state index in [9.17, 15) is 13.6 Å². The molecule has 0 unspecified atom stereocenters. The number of rotatable bonds is 6. The molecule has 0 fully saturated rings. The lowest BCUT2D eigenvalue weighted by molar-refractivity contribution is 0.0946. The summed E-state index contributed by atoms with van der Waals surface area (Å²) < 4.78 is 32.4. The van der Waals surface area contributed by atoms with Gasteiger partial charge in [0.15, 0.2) is 11.6 Å². The molecule has 0 aliphatic rings. The van der Waals surface area contributed by atoms with Gasteiger partial charge >= 0.3 is 0 Å².